The summed E-state index contributed by atoms with van der Waals surface area (Å²) >= 11 is 3.80. The van der Waals surface area contributed by atoms with Crippen LogP contribution in [0.1, 0.15) is 41.0 Å². The average Bonchev–Trinajstić information content (AvgIpc) is 3.31. The summed E-state index contributed by atoms with van der Waals surface area (Å²) in [4.78, 5) is 5.52. The van der Waals surface area contributed by atoms with Gasteiger partial charge in [0.25, 0.3) is 0 Å². The molecule has 0 nitrogen and oxygen atoms in total. The largest absolute Gasteiger partial charge is 0.140 e. The van der Waals surface area contributed by atoms with Crippen molar-refractivity contribution in [3.05, 3.63) is 81.7 Å². The molecule has 0 unspecified atom stereocenters. The number of thiophene rings is 2. The van der Waals surface area contributed by atoms with E-state index in [1.54, 1.807) is 0 Å². The Bertz CT molecular complexity index is 1220. The molecule has 0 spiro atoms. The number of aryl methyl sites for hydroxylation is 3. The zero-order valence-electron chi connectivity index (χ0n) is 17.0. The van der Waals surface area contributed by atoms with Gasteiger partial charge in [-0.3, -0.25) is 0 Å². The van der Waals surface area contributed by atoms with E-state index in [2.05, 4.69) is 89.2 Å². The van der Waals surface area contributed by atoms with Crippen LogP contribution in [0.5, 0.6) is 0 Å². The SMILES string of the molecule is Cc1ccc2c(c1)C(C)(C)c1cc(-c3sc(-c4ccc(C)s4)cc3C)ccc1-2. The van der Waals surface area contributed by atoms with Gasteiger partial charge in [0.05, 0.1) is 0 Å². The Labute approximate surface area is 175 Å². The van der Waals surface area contributed by atoms with Crippen LogP contribution in [0.25, 0.3) is 31.3 Å². The van der Waals surface area contributed by atoms with Crippen LogP contribution < -0.4 is 0 Å². The molecule has 0 bridgehead atoms. The Morgan fingerprint density at radius 2 is 1.39 bits per heavy atom. The molecule has 1 aliphatic rings. The van der Waals surface area contributed by atoms with E-state index >= 15 is 0 Å². The lowest BCUT2D eigenvalue weighted by Crippen LogP contribution is -2.15. The smallest absolute Gasteiger partial charge is 0.0452 e. The summed E-state index contributed by atoms with van der Waals surface area (Å²) in [6, 6.07) is 20.8. The highest BCUT2D eigenvalue weighted by atomic mass is 32.1. The molecule has 0 fully saturated rings. The molecule has 1 aliphatic carbocycles. The van der Waals surface area contributed by atoms with E-state index in [1.165, 1.54) is 58.5 Å². The Balaban J connectivity index is 1.63. The Hall–Kier alpha value is -2.16. The molecule has 4 aromatic rings. The van der Waals surface area contributed by atoms with E-state index in [1.807, 2.05) is 22.7 Å². The number of rotatable bonds is 2. The van der Waals surface area contributed by atoms with Crippen molar-refractivity contribution in [3.63, 3.8) is 0 Å². The van der Waals surface area contributed by atoms with E-state index in [0.717, 1.165) is 0 Å². The van der Waals surface area contributed by atoms with Crippen molar-refractivity contribution in [2.45, 2.75) is 40.0 Å². The molecular formula is C26H24S2. The van der Waals surface area contributed by atoms with Crippen LogP contribution in [0.4, 0.5) is 0 Å². The van der Waals surface area contributed by atoms with Gasteiger partial charge in [-0.05, 0) is 78.4 Å². The summed E-state index contributed by atoms with van der Waals surface area (Å²) in [5.74, 6) is 0. The van der Waals surface area contributed by atoms with Crippen molar-refractivity contribution < 1.29 is 0 Å². The maximum absolute atomic E-state index is 2.44. The third-order valence-corrected chi connectivity index (χ3v) is 8.48. The molecule has 0 amide bonds. The topological polar surface area (TPSA) is 0 Å². The zero-order valence-corrected chi connectivity index (χ0v) is 18.6. The second kappa shape index (κ2) is 6.17. The van der Waals surface area contributed by atoms with E-state index in [4.69, 9.17) is 0 Å². The van der Waals surface area contributed by atoms with Crippen molar-refractivity contribution in [2.75, 3.05) is 0 Å². The molecule has 0 saturated carbocycles. The van der Waals surface area contributed by atoms with Crippen LogP contribution in [0.2, 0.25) is 0 Å². The quantitative estimate of drug-likeness (QED) is 0.317. The molecule has 0 radical (unpaired) electrons. The highest BCUT2D eigenvalue weighted by molar-refractivity contribution is 7.24. The Morgan fingerprint density at radius 3 is 2.11 bits per heavy atom. The second-order valence-electron chi connectivity index (χ2n) is 8.47. The maximum Gasteiger partial charge on any atom is 0.0452 e. The minimum atomic E-state index is 0.0472. The molecule has 0 saturated heterocycles. The van der Waals surface area contributed by atoms with Gasteiger partial charge in [0.1, 0.15) is 0 Å². The molecule has 2 heteroatoms. The predicted octanol–water partition coefficient (Wildman–Crippen LogP) is 8.38. The van der Waals surface area contributed by atoms with Crippen molar-refractivity contribution in [3.8, 4) is 31.3 Å². The van der Waals surface area contributed by atoms with Crippen molar-refractivity contribution in [2.24, 2.45) is 0 Å². The van der Waals surface area contributed by atoms with Crippen LogP contribution in [0.15, 0.2) is 54.6 Å². The molecule has 2 aromatic carbocycles. The monoisotopic (exact) mass is 400 g/mol. The lowest BCUT2D eigenvalue weighted by atomic mass is 9.81. The molecule has 28 heavy (non-hydrogen) atoms. The van der Waals surface area contributed by atoms with Gasteiger partial charge in [0.15, 0.2) is 0 Å². The molecular weight excluding hydrogens is 376 g/mol. The minimum absolute atomic E-state index is 0.0472. The van der Waals surface area contributed by atoms with Gasteiger partial charge in [-0.25, -0.2) is 0 Å². The van der Waals surface area contributed by atoms with Gasteiger partial charge in [-0.1, -0.05) is 49.7 Å². The highest BCUT2D eigenvalue weighted by Crippen LogP contribution is 2.50. The Morgan fingerprint density at radius 1 is 0.679 bits per heavy atom. The third kappa shape index (κ3) is 2.62. The summed E-state index contributed by atoms with van der Waals surface area (Å²) in [5, 5.41) is 0. The van der Waals surface area contributed by atoms with Gasteiger partial charge < -0.3 is 0 Å². The lowest BCUT2D eigenvalue weighted by molar-refractivity contribution is 0.660. The van der Waals surface area contributed by atoms with Crippen LogP contribution >= 0.6 is 22.7 Å². The van der Waals surface area contributed by atoms with Crippen molar-refractivity contribution in [1.29, 1.82) is 0 Å². The first-order valence-corrected chi connectivity index (χ1v) is 11.4. The first-order valence-electron chi connectivity index (χ1n) is 9.78. The predicted molar refractivity (Wildman–Crippen MR) is 125 cm³/mol. The number of hydrogen-bond acceptors (Lipinski definition) is 2. The molecule has 140 valence electrons. The van der Waals surface area contributed by atoms with Crippen LogP contribution in [-0.2, 0) is 5.41 Å². The summed E-state index contributed by atoms with van der Waals surface area (Å²) in [6.07, 6.45) is 0. The van der Waals surface area contributed by atoms with E-state index in [0.29, 0.717) is 0 Å². The highest BCUT2D eigenvalue weighted by Gasteiger charge is 2.35. The van der Waals surface area contributed by atoms with Crippen LogP contribution in [-0.4, -0.2) is 0 Å². The first-order chi connectivity index (χ1) is 13.3. The Kier molecular flexibility index (Phi) is 3.94. The fourth-order valence-corrected chi connectivity index (χ4v) is 6.57. The standard InChI is InChI=1S/C26H24S2/c1-15-6-9-19-20-10-8-18(14-22(20)26(4,5)21(19)12-15)25-16(2)13-24(28-25)23-11-7-17(3)27-23/h6-14H,1-5H3. The van der Waals surface area contributed by atoms with Crippen LogP contribution in [0.3, 0.4) is 0 Å². The summed E-state index contributed by atoms with van der Waals surface area (Å²) in [7, 11) is 0. The van der Waals surface area contributed by atoms with Gasteiger partial charge in [0, 0.05) is 24.9 Å². The number of hydrogen-bond donors (Lipinski definition) is 0. The van der Waals surface area contributed by atoms with Gasteiger partial charge in [-0.2, -0.15) is 0 Å². The lowest BCUT2D eigenvalue weighted by Gasteiger charge is -2.22. The second-order valence-corrected chi connectivity index (χ2v) is 10.8. The molecule has 2 heterocycles. The zero-order chi connectivity index (χ0) is 19.6. The number of benzene rings is 2. The first kappa shape index (κ1) is 17.9. The van der Waals surface area contributed by atoms with Crippen LogP contribution in [0, 0.1) is 20.8 Å². The van der Waals surface area contributed by atoms with E-state index in [9.17, 15) is 0 Å². The molecule has 0 aliphatic heterocycles. The summed E-state index contributed by atoms with van der Waals surface area (Å²) < 4.78 is 0. The molecule has 2 aromatic heterocycles. The number of fused-ring (bicyclic) bond motifs is 3. The van der Waals surface area contributed by atoms with Gasteiger partial charge in [-0.15, -0.1) is 22.7 Å². The molecule has 5 rings (SSSR count). The van der Waals surface area contributed by atoms with E-state index < -0.39 is 0 Å². The summed E-state index contributed by atoms with van der Waals surface area (Å²) in [6.45, 7) is 11.3. The molecule has 0 N–H and O–H groups in total. The van der Waals surface area contributed by atoms with E-state index in [-0.39, 0.29) is 5.41 Å². The maximum atomic E-state index is 2.44. The van der Waals surface area contributed by atoms with Crippen molar-refractivity contribution in [1.82, 2.24) is 0 Å². The average molecular weight is 401 g/mol. The van der Waals surface area contributed by atoms with Crippen molar-refractivity contribution >= 4 is 22.7 Å². The fraction of sp³-hybridized carbons (Fsp3) is 0.231. The minimum Gasteiger partial charge on any atom is -0.140 e. The third-order valence-electron chi connectivity index (χ3n) is 5.99. The van der Waals surface area contributed by atoms with Gasteiger partial charge in [0.2, 0.25) is 0 Å². The molecule has 0 atom stereocenters. The van der Waals surface area contributed by atoms with Gasteiger partial charge >= 0.3 is 0 Å². The normalized spacial score (nSPS) is 14.2. The summed E-state index contributed by atoms with van der Waals surface area (Å²) in [5.41, 5.74) is 9.80. The fourth-order valence-electron chi connectivity index (χ4n) is 4.45.